The van der Waals surface area contributed by atoms with Crippen molar-refractivity contribution in [3.63, 3.8) is 0 Å². The molecule has 1 aromatic carbocycles. The molecule has 0 aliphatic carbocycles. The molecule has 0 amide bonds. The van der Waals surface area contributed by atoms with Gasteiger partial charge in [-0.1, -0.05) is 12.1 Å². The summed E-state index contributed by atoms with van der Waals surface area (Å²) < 4.78 is 10.8. The molecule has 3 heteroatoms. The lowest BCUT2D eigenvalue weighted by Crippen LogP contribution is -2.34. The van der Waals surface area contributed by atoms with Crippen LogP contribution in [0.25, 0.3) is 0 Å². The van der Waals surface area contributed by atoms with Crippen LogP contribution in [-0.4, -0.2) is 26.9 Å². The third kappa shape index (κ3) is 2.13. The van der Waals surface area contributed by atoms with Crippen molar-refractivity contribution in [2.45, 2.75) is 13.0 Å². The van der Waals surface area contributed by atoms with Gasteiger partial charge in [0.25, 0.3) is 0 Å². The molecular weight excluding hydrogens is 190 g/mol. The first kappa shape index (κ1) is 10.5. The van der Waals surface area contributed by atoms with Crippen molar-refractivity contribution in [2.75, 3.05) is 26.9 Å². The van der Waals surface area contributed by atoms with Crippen LogP contribution in [0.15, 0.2) is 18.2 Å². The Morgan fingerprint density at radius 3 is 3.00 bits per heavy atom. The van der Waals surface area contributed by atoms with Gasteiger partial charge in [-0.15, -0.1) is 0 Å². The fraction of sp³-hybridized carbons (Fsp3) is 0.500. The number of morpholine rings is 1. The second-order valence-corrected chi connectivity index (χ2v) is 3.76. The normalized spacial score (nSPS) is 21.3. The summed E-state index contributed by atoms with van der Waals surface area (Å²) in [6.07, 6.45) is 0. The van der Waals surface area contributed by atoms with E-state index >= 15 is 0 Å². The Morgan fingerprint density at radius 1 is 1.47 bits per heavy atom. The first-order chi connectivity index (χ1) is 7.33. The Morgan fingerprint density at radius 2 is 2.33 bits per heavy atom. The fourth-order valence-electron chi connectivity index (χ4n) is 2.00. The number of hydrogen-bond donors (Lipinski definition) is 1. The highest BCUT2D eigenvalue weighted by Crippen LogP contribution is 2.26. The molecule has 1 saturated heterocycles. The Bertz CT molecular complexity index is 332. The van der Waals surface area contributed by atoms with Gasteiger partial charge < -0.3 is 14.8 Å². The average Bonchev–Trinajstić information content (AvgIpc) is 2.30. The molecule has 2 rings (SSSR count). The van der Waals surface area contributed by atoms with E-state index in [9.17, 15) is 0 Å². The molecular formula is C12H17NO2. The molecule has 1 atom stereocenters. The molecule has 1 aliphatic rings. The molecule has 15 heavy (non-hydrogen) atoms. The summed E-state index contributed by atoms with van der Waals surface area (Å²) in [5.41, 5.74) is 2.47. The lowest BCUT2D eigenvalue weighted by atomic mass is 10.0. The zero-order chi connectivity index (χ0) is 10.7. The molecule has 0 aromatic heterocycles. The smallest absolute Gasteiger partial charge is 0.122 e. The Hall–Kier alpha value is -1.06. The van der Waals surface area contributed by atoms with Crippen LogP contribution in [0.4, 0.5) is 0 Å². The van der Waals surface area contributed by atoms with Gasteiger partial charge in [-0.05, 0) is 24.1 Å². The Kier molecular flexibility index (Phi) is 3.23. The van der Waals surface area contributed by atoms with Crippen molar-refractivity contribution in [2.24, 2.45) is 0 Å². The largest absolute Gasteiger partial charge is 0.496 e. The predicted octanol–water partition coefficient (Wildman–Crippen LogP) is 1.66. The molecule has 0 saturated carbocycles. The number of hydrogen-bond acceptors (Lipinski definition) is 3. The molecule has 1 unspecified atom stereocenters. The van der Waals surface area contributed by atoms with Crippen molar-refractivity contribution in [1.29, 1.82) is 0 Å². The van der Waals surface area contributed by atoms with Gasteiger partial charge in [-0.25, -0.2) is 0 Å². The summed E-state index contributed by atoms with van der Waals surface area (Å²) in [5, 5.41) is 3.45. The number of methoxy groups -OCH3 is 1. The lowest BCUT2D eigenvalue weighted by Gasteiger charge is -2.26. The zero-order valence-electron chi connectivity index (χ0n) is 9.25. The molecule has 1 aromatic rings. The van der Waals surface area contributed by atoms with Crippen LogP contribution in [0.1, 0.15) is 17.2 Å². The predicted molar refractivity (Wildman–Crippen MR) is 59.3 cm³/mol. The van der Waals surface area contributed by atoms with Crippen molar-refractivity contribution < 1.29 is 9.47 Å². The highest BCUT2D eigenvalue weighted by molar-refractivity contribution is 5.40. The lowest BCUT2D eigenvalue weighted by molar-refractivity contribution is 0.0766. The topological polar surface area (TPSA) is 30.5 Å². The highest BCUT2D eigenvalue weighted by Gasteiger charge is 2.18. The minimum Gasteiger partial charge on any atom is -0.496 e. The van der Waals surface area contributed by atoms with Gasteiger partial charge >= 0.3 is 0 Å². The van der Waals surface area contributed by atoms with Crippen LogP contribution in [0.2, 0.25) is 0 Å². The standard InChI is InChI=1S/C12H17NO2/c1-9-10(4-3-5-12(9)14-2)11-8-15-7-6-13-11/h3-5,11,13H,6-8H2,1-2H3. The number of nitrogens with one attached hydrogen (secondary N) is 1. The summed E-state index contributed by atoms with van der Waals surface area (Å²) in [6.45, 7) is 4.55. The zero-order valence-corrected chi connectivity index (χ0v) is 9.25. The summed E-state index contributed by atoms with van der Waals surface area (Å²) in [6, 6.07) is 6.44. The fourth-order valence-corrected chi connectivity index (χ4v) is 2.00. The van der Waals surface area contributed by atoms with Crippen LogP contribution in [-0.2, 0) is 4.74 Å². The van der Waals surface area contributed by atoms with Gasteiger partial charge in [0, 0.05) is 6.54 Å². The molecule has 0 radical (unpaired) electrons. The second kappa shape index (κ2) is 4.64. The van der Waals surface area contributed by atoms with E-state index in [0.29, 0.717) is 6.04 Å². The van der Waals surface area contributed by atoms with Crippen LogP contribution >= 0.6 is 0 Å². The summed E-state index contributed by atoms with van der Waals surface area (Å²) in [4.78, 5) is 0. The van der Waals surface area contributed by atoms with Gasteiger partial charge in [0.05, 0.1) is 26.4 Å². The first-order valence-corrected chi connectivity index (χ1v) is 5.27. The maximum Gasteiger partial charge on any atom is 0.122 e. The maximum absolute atomic E-state index is 5.46. The van der Waals surface area contributed by atoms with Crippen LogP contribution in [0.5, 0.6) is 5.75 Å². The van der Waals surface area contributed by atoms with Gasteiger partial charge in [0.15, 0.2) is 0 Å². The molecule has 1 heterocycles. The molecule has 3 nitrogen and oxygen atoms in total. The maximum atomic E-state index is 5.46. The van der Waals surface area contributed by atoms with Gasteiger partial charge in [0.2, 0.25) is 0 Å². The molecule has 82 valence electrons. The van der Waals surface area contributed by atoms with Crippen LogP contribution in [0.3, 0.4) is 0 Å². The van der Waals surface area contributed by atoms with E-state index < -0.39 is 0 Å². The minimum atomic E-state index is 0.300. The van der Waals surface area contributed by atoms with Crippen LogP contribution < -0.4 is 10.1 Å². The minimum absolute atomic E-state index is 0.300. The molecule has 0 spiro atoms. The SMILES string of the molecule is COc1cccc(C2COCCN2)c1C. The van der Waals surface area contributed by atoms with E-state index in [2.05, 4.69) is 18.3 Å². The molecule has 1 N–H and O–H groups in total. The third-order valence-electron chi connectivity index (χ3n) is 2.84. The Balaban J connectivity index is 2.26. The second-order valence-electron chi connectivity index (χ2n) is 3.76. The van der Waals surface area contributed by atoms with Crippen molar-refractivity contribution in [3.05, 3.63) is 29.3 Å². The van der Waals surface area contributed by atoms with Crippen LogP contribution in [0, 0.1) is 6.92 Å². The number of benzene rings is 1. The summed E-state index contributed by atoms with van der Waals surface area (Å²) in [5.74, 6) is 0.944. The molecule has 0 bridgehead atoms. The van der Waals surface area contributed by atoms with E-state index in [1.54, 1.807) is 7.11 Å². The quantitative estimate of drug-likeness (QED) is 0.800. The molecule has 1 aliphatic heterocycles. The van der Waals surface area contributed by atoms with E-state index in [-0.39, 0.29) is 0 Å². The summed E-state index contributed by atoms with van der Waals surface area (Å²) >= 11 is 0. The highest BCUT2D eigenvalue weighted by atomic mass is 16.5. The monoisotopic (exact) mass is 207 g/mol. The van der Waals surface area contributed by atoms with Gasteiger partial charge in [0.1, 0.15) is 5.75 Å². The first-order valence-electron chi connectivity index (χ1n) is 5.27. The summed E-state index contributed by atoms with van der Waals surface area (Å²) in [7, 11) is 1.71. The van der Waals surface area contributed by atoms with Crippen molar-refractivity contribution >= 4 is 0 Å². The number of ether oxygens (including phenoxy) is 2. The van der Waals surface area contributed by atoms with E-state index in [1.807, 2.05) is 12.1 Å². The Labute approximate surface area is 90.4 Å². The van der Waals surface area contributed by atoms with Crippen molar-refractivity contribution in [1.82, 2.24) is 5.32 Å². The average molecular weight is 207 g/mol. The van der Waals surface area contributed by atoms with E-state index in [4.69, 9.17) is 9.47 Å². The molecule has 1 fully saturated rings. The third-order valence-corrected chi connectivity index (χ3v) is 2.84. The van der Waals surface area contributed by atoms with Crippen molar-refractivity contribution in [3.8, 4) is 5.75 Å². The van der Waals surface area contributed by atoms with Gasteiger partial charge in [-0.3, -0.25) is 0 Å². The van der Waals surface area contributed by atoms with Gasteiger partial charge in [-0.2, -0.15) is 0 Å². The van der Waals surface area contributed by atoms with E-state index in [0.717, 1.165) is 25.5 Å². The van der Waals surface area contributed by atoms with E-state index in [1.165, 1.54) is 11.1 Å². The number of rotatable bonds is 2.